The van der Waals surface area contributed by atoms with Gasteiger partial charge in [0.25, 0.3) is 5.69 Å². The molecule has 0 saturated heterocycles. The molecule has 0 bridgehead atoms. The lowest BCUT2D eigenvalue weighted by atomic mass is 10.3. The lowest BCUT2D eigenvalue weighted by molar-refractivity contribution is -0.385. The number of amides is 1. The Kier molecular flexibility index (Phi) is 6.56. The third-order valence-electron chi connectivity index (χ3n) is 2.07. The molecule has 0 unspecified atom stereocenters. The minimum atomic E-state index is -0.890. The van der Waals surface area contributed by atoms with E-state index in [1.165, 1.54) is 12.1 Å². The van der Waals surface area contributed by atoms with Gasteiger partial charge in [0.1, 0.15) is 6.54 Å². The van der Waals surface area contributed by atoms with Crippen LogP contribution >= 0.6 is 31.9 Å². The van der Waals surface area contributed by atoms with Crippen LogP contribution in [-0.2, 0) is 9.53 Å². The van der Waals surface area contributed by atoms with Gasteiger partial charge in [0.2, 0.25) is 0 Å². The Hall–Kier alpha value is -1.68. The van der Waals surface area contributed by atoms with E-state index in [-0.39, 0.29) is 33.5 Å². The first kappa shape index (κ1) is 17.4. The summed E-state index contributed by atoms with van der Waals surface area (Å²) in [5, 5.41) is 12.9. The molecule has 0 aliphatic rings. The van der Waals surface area contributed by atoms with Crippen LogP contribution in [0, 0.1) is 10.1 Å². The number of benzene rings is 1. The first-order valence-corrected chi connectivity index (χ1v) is 7.18. The summed E-state index contributed by atoms with van der Waals surface area (Å²) in [6, 6.07) is 2.39. The van der Waals surface area contributed by atoms with Crippen LogP contribution in [-0.4, -0.2) is 30.1 Å². The van der Waals surface area contributed by atoms with Crippen molar-refractivity contribution in [2.75, 3.05) is 13.2 Å². The molecule has 1 rings (SSSR count). The topological polar surface area (TPSA) is 108 Å². The molecule has 0 fully saturated rings. The summed E-state index contributed by atoms with van der Waals surface area (Å²) in [4.78, 5) is 32.7. The molecule has 0 atom stereocenters. The Labute approximate surface area is 136 Å². The normalized spacial score (nSPS) is 9.86. The number of non-ortho nitro benzene ring substituents is 1. The average Bonchev–Trinajstić information content (AvgIpc) is 2.40. The number of rotatable bonds is 5. The van der Waals surface area contributed by atoms with Gasteiger partial charge in [-0.15, -0.1) is 0 Å². The molecule has 0 heterocycles. The molecule has 1 aromatic rings. The standard InChI is InChI=1S/C11H10Br2N2O6/c1-2-20-9(16)5-14-11(17)21-10-7(12)3-6(15(18)19)4-8(10)13/h3-4H,2,5H2,1H3,(H,14,17). The summed E-state index contributed by atoms with van der Waals surface area (Å²) in [7, 11) is 0. The van der Waals surface area contributed by atoms with Gasteiger partial charge in [-0.3, -0.25) is 14.9 Å². The number of esters is 1. The lowest BCUT2D eigenvalue weighted by Gasteiger charge is -2.09. The van der Waals surface area contributed by atoms with E-state index in [1.807, 2.05) is 0 Å². The number of nitrogens with zero attached hydrogens (tertiary/aromatic N) is 1. The van der Waals surface area contributed by atoms with Gasteiger partial charge >= 0.3 is 12.1 Å². The van der Waals surface area contributed by atoms with Gasteiger partial charge in [-0.25, -0.2) is 4.79 Å². The van der Waals surface area contributed by atoms with Crippen LogP contribution in [0.5, 0.6) is 5.75 Å². The molecule has 0 aliphatic heterocycles. The molecular weight excluding hydrogens is 416 g/mol. The van der Waals surface area contributed by atoms with E-state index in [9.17, 15) is 19.7 Å². The van der Waals surface area contributed by atoms with Gasteiger partial charge in [0.05, 0.1) is 20.5 Å². The second-order valence-electron chi connectivity index (χ2n) is 3.54. The van der Waals surface area contributed by atoms with E-state index >= 15 is 0 Å². The highest BCUT2D eigenvalue weighted by Gasteiger charge is 2.18. The van der Waals surface area contributed by atoms with Crippen molar-refractivity contribution in [3.05, 3.63) is 31.2 Å². The van der Waals surface area contributed by atoms with E-state index in [0.29, 0.717) is 0 Å². The molecule has 0 radical (unpaired) electrons. The van der Waals surface area contributed by atoms with E-state index in [2.05, 4.69) is 41.9 Å². The number of halogens is 2. The third kappa shape index (κ3) is 5.31. The average molecular weight is 426 g/mol. The number of ether oxygens (including phenoxy) is 2. The van der Waals surface area contributed by atoms with E-state index in [4.69, 9.17) is 4.74 Å². The Morgan fingerprint density at radius 3 is 2.38 bits per heavy atom. The second-order valence-corrected chi connectivity index (χ2v) is 5.25. The molecule has 1 aromatic carbocycles. The maximum absolute atomic E-state index is 11.5. The van der Waals surface area contributed by atoms with Crippen LogP contribution in [0.4, 0.5) is 10.5 Å². The van der Waals surface area contributed by atoms with Gasteiger partial charge in [-0.2, -0.15) is 0 Å². The van der Waals surface area contributed by atoms with Crippen molar-refractivity contribution in [2.45, 2.75) is 6.92 Å². The molecule has 114 valence electrons. The largest absolute Gasteiger partial charge is 0.465 e. The molecule has 10 heteroatoms. The molecule has 0 aliphatic carbocycles. The van der Waals surface area contributed by atoms with Crippen LogP contribution < -0.4 is 10.1 Å². The predicted molar refractivity (Wildman–Crippen MR) is 79.2 cm³/mol. The fourth-order valence-electron chi connectivity index (χ4n) is 1.23. The molecule has 1 N–H and O–H groups in total. The highest BCUT2D eigenvalue weighted by molar-refractivity contribution is 9.11. The van der Waals surface area contributed by atoms with E-state index in [1.54, 1.807) is 6.92 Å². The maximum Gasteiger partial charge on any atom is 0.413 e. The Bertz CT molecular complexity index is 555. The minimum Gasteiger partial charge on any atom is -0.465 e. The van der Waals surface area contributed by atoms with Gasteiger partial charge in [-0.1, -0.05) is 0 Å². The molecule has 0 saturated carbocycles. The van der Waals surface area contributed by atoms with Crippen molar-refractivity contribution in [1.82, 2.24) is 5.32 Å². The van der Waals surface area contributed by atoms with E-state index in [0.717, 1.165) is 0 Å². The van der Waals surface area contributed by atoms with Crippen LogP contribution in [0.15, 0.2) is 21.1 Å². The first-order valence-electron chi connectivity index (χ1n) is 5.59. The first-order chi connectivity index (χ1) is 9.85. The quantitative estimate of drug-likeness (QED) is 0.441. The summed E-state index contributed by atoms with van der Waals surface area (Å²) in [6.07, 6.45) is -0.890. The highest BCUT2D eigenvalue weighted by Crippen LogP contribution is 2.37. The number of carbonyl (C=O) groups is 2. The second kappa shape index (κ2) is 7.93. The van der Waals surface area contributed by atoms with Crippen molar-refractivity contribution < 1.29 is 24.0 Å². The fourth-order valence-corrected chi connectivity index (χ4v) is 2.56. The zero-order valence-electron chi connectivity index (χ0n) is 10.7. The Balaban J connectivity index is 2.72. The summed E-state index contributed by atoms with van der Waals surface area (Å²) < 4.78 is 10.0. The number of carbonyl (C=O) groups excluding carboxylic acids is 2. The van der Waals surface area contributed by atoms with Gasteiger partial charge < -0.3 is 14.8 Å². The zero-order chi connectivity index (χ0) is 16.0. The number of nitro benzene ring substituents is 1. The number of nitro groups is 1. The summed E-state index contributed by atoms with van der Waals surface area (Å²) in [6.45, 7) is 1.51. The van der Waals surface area contributed by atoms with Crippen molar-refractivity contribution in [3.8, 4) is 5.75 Å². The maximum atomic E-state index is 11.5. The number of nitrogens with one attached hydrogen (secondary N) is 1. The minimum absolute atomic E-state index is 0.0574. The van der Waals surface area contributed by atoms with E-state index < -0.39 is 17.0 Å². The van der Waals surface area contributed by atoms with Crippen molar-refractivity contribution in [3.63, 3.8) is 0 Å². The highest BCUT2D eigenvalue weighted by atomic mass is 79.9. The monoisotopic (exact) mass is 424 g/mol. The van der Waals surface area contributed by atoms with Crippen LogP contribution in [0.25, 0.3) is 0 Å². The molecule has 1 amide bonds. The zero-order valence-corrected chi connectivity index (χ0v) is 13.9. The lowest BCUT2D eigenvalue weighted by Crippen LogP contribution is -2.33. The van der Waals surface area contributed by atoms with Gasteiger partial charge in [-0.05, 0) is 38.8 Å². The molecule has 21 heavy (non-hydrogen) atoms. The molecule has 0 spiro atoms. The Morgan fingerprint density at radius 2 is 1.90 bits per heavy atom. The van der Waals surface area contributed by atoms with Crippen LogP contribution in [0.3, 0.4) is 0 Å². The Morgan fingerprint density at radius 1 is 1.33 bits per heavy atom. The number of hydrogen-bond acceptors (Lipinski definition) is 6. The van der Waals surface area contributed by atoms with Crippen LogP contribution in [0.1, 0.15) is 6.92 Å². The molecule has 0 aromatic heterocycles. The van der Waals surface area contributed by atoms with Crippen molar-refractivity contribution in [1.29, 1.82) is 0 Å². The van der Waals surface area contributed by atoms with Crippen molar-refractivity contribution >= 4 is 49.6 Å². The van der Waals surface area contributed by atoms with Gasteiger partial charge in [0.15, 0.2) is 5.75 Å². The third-order valence-corrected chi connectivity index (χ3v) is 3.25. The predicted octanol–water partition coefficient (Wildman–Crippen LogP) is 2.77. The number of hydrogen-bond donors (Lipinski definition) is 1. The summed E-state index contributed by atoms with van der Waals surface area (Å²) >= 11 is 6.14. The van der Waals surface area contributed by atoms with Crippen LogP contribution in [0.2, 0.25) is 0 Å². The summed E-state index contributed by atoms with van der Waals surface area (Å²) in [5.41, 5.74) is -0.173. The molecular formula is C11H10Br2N2O6. The fraction of sp³-hybridized carbons (Fsp3) is 0.273. The SMILES string of the molecule is CCOC(=O)CNC(=O)Oc1c(Br)cc([N+](=O)[O-])cc1Br. The van der Waals surface area contributed by atoms with Crippen molar-refractivity contribution in [2.24, 2.45) is 0 Å². The summed E-state index contributed by atoms with van der Waals surface area (Å²) in [5.74, 6) is -0.543. The molecule has 8 nitrogen and oxygen atoms in total. The smallest absolute Gasteiger partial charge is 0.413 e. The van der Waals surface area contributed by atoms with Gasteiger partial charge in [0, 0.05) is 12.1 Å².